The van der Waals surface area contributed by atoms with Gasteiger partial charge in [0.25, 0.3) is 5.91 Å². The quantitative estimate of drug-likeness (QED) is 0.462. The number of carbonyl (C=O) groups excluding carboxylic acids is 2. The van der Waals surface area contributed by atoms with Gasteiger partial charge in [0.2, 0.25) is 5.91 Å². The first-order chi connectivity index (χ1) is 8.75. The molecule has 0 fully saturated rings. The monoisotopic (exact) mass is 264 g/mol. The molecule has 0 aromatic heterocycles. The van der Waals surface area contributed by atoms with Crippen LogP contribution in [0.5, 0.6) is 0 Å². The normalized spacial score (nSPS) is 10.9. The highest BCUT2D eigenvalue weighted by molar-refractivity contribution is 5.96. The van der Waals surface area contributed by atoms with E-state index < -0.39 is 11.4 Å². The lowest BCUT2D eigenvalue weighted by Crippen LogP contribution is -2.46. The van der Waals surface area contributed by atoms with Crippen LogP contribution in [0.1, 0.15) is 36.2 Å². The number of rotatable bonds is 5. The summed E-state index contributed by atoms with van der Waals surface area (Å²) in [6.45, 7) is 5.32. The Bertz CT molecular complexity index is 497. The molecule has 6 heteroatoms. The van der Waals surface area contributed by atoms with E-state index in [-0.39, 0.29) is 12.3 Å². The summed E-state index contributed by atoms with van der Waals surface area (Å²) in [5.74, 6) is 4.60. The lowest BCUT2D eigenvalue weighted by atomic mass is 9.98. The Hall–Kier alpha value is -2.08. The Morgan fingerprint density at radius 3 is 2.42 bits per heavy atom. The zero-order chi connectivity index (χ0) is 14.6. The van der Waals surface area contributed by atoms with Crippen LogP contribution >= 0.6 is 0 Å². The molecule has 6 N–H and O–H groups in total. The van der Waals surface area contributed by atoms with Gasteiger partial charge in [0, 0.05) is 23.2 Å². The minimum atomic E-state index is -0.680. The fourth-order valence-electron chi connectivity index (χ4n) is 1.86. The lowest BCUT2D eigenvalue weighted by Gasteiger charge is -2.25. The maximum absolute atomic E-state index is 12.1. The third-order valence-corrected chi connectivity index (χ3v) is 2.71. The Morgan fingerprint density at radius 2 is 1.95 bits per heavy atom. The van der Waals surface area contributed by atoms with Crippen molar-refractivity contribution in [3.63, 3.8) is 0 Å². The number of aryl methyl sites for hydroxylation is 1. The van der Waals surface area contributed by atoms with Crippen LogP contribution in [0.25, 0.3) is 0 Å². The van der Waals surface area contributed by atoms with Crippen molar-refractivity contribution in [2.24, 2.45) is 11.6 Å². The average molecular weight is 264 g/mol. The summed E-state index contributed by atoms with van der Waals surface area (Å²) in [5, 5.41) is 2.79. The number of hydrogen-bond acceptors (Lipinski definition) is 4. The molecule has 0 unspecified atom stereocenters. The van der Waals surface area contributed by atoms with E-state index in [1.165, 1.54) is 0 Å². The van der Waals surface area contributed by atoms with Gasteiger partial charge in [-0.25, -0.2) is 0 Å². The molecule has 0 atom stereocenters. The molecule has 0 aliphatic carbocycles. The number of hydrogen-bond donors (Lipinski definition) is 4. The molecule has 104 valence electrons. The van der Waals surface area contributed by atoms with Crippen LogP contribution in [0.4, 0.5) is 5.69 Å². The van der Waals surface area contributed by atoms with E-state index in [2.05, 4.69) is 10.7 Å². The van der Waals surface area contributed by atoms with Crippen molar-refractivity contribution in [2.75, 3.05) is 5.43 Å². The molecular formula is C13H20N4O2. The summed E-state index contributed by atoms with van der Waals surface area (Å²) in [7, 11) is 0. The Morgan fingerprint density at radius 1 is 1.32 bits per heavy atom. The van der Waals surface area contributed by atoms with Gasteiger partial charge in [-0.3, -0.25) is 15.4 Å². The summed E-state index contributed by atoms with van der Waals surface area (Å²) in [6.07, 6.45) is 0.0836. The molecule has 2 amide bonds. The molecule has 0 spiro atoms. The lowest BCUT2D eigenvalue weighted by molar-refractivity contribution is -0.119. The molecule has 1 aromatic carbocycles. The molecule has 0 bridgehead atoms. The highest BCUT2D eigenvalue weighted by Gasteiger charge is 2.24. The number of nitrogens with one attached hydrogen (secondary N) is 2. The van der Waals surface area contributed by atoms with Gasteiger partial charge >= 0.3 is 0 Å². The molecule has 0 saturated heterocycles. The van der Waals surface area contributed by atoms with Crippen LogP contribution in [-0.2, 0) is 4.79 Å². The van der Waals surface area contributed by atoms with Crippen LogP contribution in [0.15, 0.2) is 18.2 Å². The van der Waals surface area contributed by atoms with Crippen molar-refractivity contribution >= 4 is 17.5 Å². The maximum atomic E-state index is 12.1. The molecule has 1 aromatic rings. The smallest absolute Gasteiger partial charge is 0.251 e. The molecule has 0 saturated carbocycles. The molecular weight excluding hydrogens is 244 g/mol. The zero-order valence-electron chi connectivity index (χ0n) is 11.4. The Labute approximate surface area is 112 Å². The summed E-state index contributed by atoms with van der Waals surface area (Å²) in [6, 6.07) is 5.17. The summed E-state index contributed by atoms with van der Waals surface area (Å²) < 4.78 is 0. The molecule has 1 rings (SSSR count). The topological polar surface area (TPSA) is 110 Å². The van der Waals surface area contributed by atoms with Gasteiger partial charge in [0.1, 0.15) is 0 Å². The van der Waals surface area contributed by atoms with Crippen molar-refractivity contribution in [2.45, 2.75) is 32.7 Å². The van der Waals surface area contributed by atoms with E-state index in [9.17, 15) is 9.59 Å². The van der Waals surface area contributed by atoms with E-state index in [4.69, 9.17) is 11.6 Å². The minimum Gasteiger partial charge on any atom is -0.370 e. The van der Waals surface area contributed by atoms with Gasteiger partial charge in [-0.2, -0.15) is 0 Å². The van der Waals surface area contributed by atoms with E-state index in [1.807, 2.05) is 6.92 Å². The molecule has 0 radical (unpaired) electrons. The summed E-state index contributed by atoms with van der Waals surface area (Å²) in [5.41, 5.74) is 9.04. The SMILES string of the molecule is Cc1cc(NN)ccc1C(=O)NC(C)(C)CC(N)=O. The van der Waals surface area contributed by atoms with Crippen LogP contribution in [0, 0.1) is 6.92 Å². The number of hydrazine groups is 1. The number of carbonyl (C=O) groups is 2. The van der Waals surface area contributed by atoms with E-state index in [0.29, 0.717) is 5.56 Å². The van der Waals surface area contributed by atoms with Crippen molar-refractivity contribution in [1.82, 2.24) is 5.32 Å². The fraction of sp³-hybridized carbons (Fsp3) is 0.385. The first-order valence-electron chi connectivity index (χ1n) is 5.93. The molecule has 0 aliphatic rings. The van der Waals surface area contributed by atoms with Crippen LogP contribution in [-0.4, -0.2) is 17.4 Å². The predicted octanol–water partition coefficient (Wildman–Crippen LogP) is 0.664. The van der Waals surface area contributed by atoms with Crippen molar-refractivity contribution in [3.05, 3.63) is 29.3 Å². The number of nitrogens with two attached hydrogens (primary N) is 2. The molecule has 19 heavy (non-hydrogen) atoms. The second-order valence-electron chi connectivity index (χ2n) is 5.16. The first kappa shape index (κ1) is 15.0. The summed E-state index contributed by atoms with van der Waals surface area (Å²) >= 11 is 0. The van der Waals surface area contributed by atoms with Gasteiger partial charge < -0.3 is 16.5 Å². The largest absolute Gasteiger partial charge is 0.370 e. The van der Waals surface area contributed by atoms with E-state index in [1.54, 1.807) is 32.0 Å². The second kappa shape index (κ2) is 5.71. The van der Waals surface area contributed by atoms with Gasteiger partial charge in [0.05, 0.1) is 0 Å². The number of nitrogen functional groups attached to an aromatic ring is 1. The van der Waals surface area contributed by atoms with Gasteiger partial charge in [0.15, 0.2) is 0 Å². The van der Waals surface area contributed by atoms with Crippen molar-refractivity contribution in [1.29, 1.82) is 0 Å². The fourth-order valence-corrected chi connectivity index (χ4v) is 1.86. The zero-order valence-corrected chi connectivity index (χ0v) is 11.4. The summed E-state index contributed by atoms with van der Waals surface area (Å²) in [4.78, 5) is 23.1. The second-order valence-corrected chi connectivity index (χ2v) is 5.16. The number of amides is 2. The van der Waals surface area contributed by atoms with Crippen molar-refractivity contribution < 1.29 is 9.59 Å². The maximum Gasteiger partial charge on any atom is 0.251 e. The van der Waals surface area contributed by atoms with E-state index in [0.717, 1.165) is 11.3 Å². The van der Waals surface area contributed by atoms with Gasteiger partial charge in [-0.1, -0.05) is 0 Å². The molecule has 0 heterocycles. The molecule has 6 nitrogen and oxygen atoms in total. The van der Waals surface area contributed by atoms with Gasteiger partial charge in [-0.05, 0) is 44.5 Å². The molecule has 0 aliphatic heterocycles. The average Bonchev–Trinajstić information content (AvgIpc) is 2.25. The number of benzene rings is 1. The predicted molar refractivity (Wildman–Crippen MR) is 74.3 cm³/mol. The van der Waals surface area contributed by atoms with E-state index >= 15 is 0 Å². The Balaban J connectivity index is 2.86. The minimum absolute atomic E-state index is 0.0836. The number of primary amides is 1. The van der Waals surface area contributed by atoms with Gasteiger partial charge in [-0.15, -0.1) is 0 Å². The highest BCUT2D eigenvalue weighted by atomic mass is 16.2. The third-order valence-electron chi connectivity index (χ3n) is 2.71. The standard InChI is InChI=1S/C13H20N4O2/c1-8-6-9(17-15)4-5-10(8)12(19)16-13(2,3)7-11(14)18/h4-6,17H,7,15H2,1-3H3,(H2,14,18)(H,16,19). The Kier molecular flexibility index (Phi) is 4.50. The first-order valence-corrected chi connectivity index (χ1v) is 5.93. The van der Waals surface area contributed by atoms with Crippen LogP contribution < -0.4 is 22.3 Å². The van der Waals surface area contributed by atoms with Crippen LogP contribution in [0.2, 0.25) is 0 Å². The van der Waals surface area contributed by atoms with Crippen LogP contribution in [0.3, 0.4) is 0 Å². The van der Waals surface area contributed by atoms with Crippen molar-refractivity contribution in [3.8, 4) is 0 Å². The number of anilines is 1. The highest BCUT2D eigenvalue weighted by Crippen LogP contribution is 2.16. The third kappa shape index (κ3) is 4.26.